The SMILES string of the molecule is CCC(C)NCC(C(N)=O)c1sc2c(c1-c1nc3ccccc3s1)CCNC2. The molecule has 1 aliphatic rings. The van der Waals surface area contributed by atoms with Crippen molar-refractivity contribution < 1.29 is 4.79 Å². The van der Waals surface area contributed by atoms with Crippen LogP contribution < -0.4 is 16.4 Å². The second-order valence-corrected chi connectivity index (χ2v) is 9.50. The summed E-state index contributed by atoms with van der Waals surface area (Å²) in [6.07, 6.45) is 1.97. The highest BCUT2D eigenvalue weighted by atomic mass is 32.1. The molecule has 28 heavy (non-hydrogen) atoms. The quantitative estimate of drug-likeness (QED) is 0.552. The number of benzene rings is 1. The molecule has 5 nitrogen and oxygen atoms in total. The summed E-state index contributed by atoms with van der Waals surface area (Å²) in [5.74, 6) is -0.615. The van der Waals surface area contributed by atoms with Gasteiger partial charge in [0.05, 0.1) is 16.1 Å². The topological polar surface area (TPSA) is 80.0 Å². The Labute approximate surface area is 173 Å². The molecule has 0 bridgehead atoms. The first-order valence-corrected chi connectivity index (χ1v) is 11.5. The molecule has 148 valence electrons. The molecule has 0 saturated heterocycles. The molecule has 0 saturated carbocycles. The maximum absolute atomic E-state index is 12.4. The van der Waals surface area contributed by atoms with Crippen LogP contribution in [0.2, 0.25) is 0 Å². The lowest BCUT2D eigenvalue weighted by Gasteiger charge is -2.18. The lowest BCUT2D eigenvalue weighted by atomic mass is 9.96. The first-order valence-electron chi connectivity index (χ1n) is 9.82. The minimum absolute atomic E-state index is 0.273. The van der Waals surface area contributed by atoms with Crippen LogP contribution in [0.5, 0.6) is 0 Å². The standard InChI is InChI=1S/C21H26N4OS2/c1-3-12(2)24-10-14(20(22)26)19-18(13-8-9-23-11-17(13)27-19)21-25-15-6-4-5-7-16(15)28-21/h4-7,12,14,23-24H,3,8-11H2,1-2H3,(H2,22,26). The Balaban J connectivity index is 1.82. The van der Waals surface area contributed by atoms with Gasteiger partial charge in [0.15, 0.2) is 0 Å². The van der Waals surface area contributed by atoms with Crippen molar-refractivity contribution in [2.45, 2.75) is 45.2 Å². The van der Waals surface area contributed by atoms with Crippen molar-refractivity contribution in [1.82, 2.24) is 15.6 Å². The number of thiophene rings is 1. The molecule has 7 heteroatoms. The molecule has 2 aromatic heterocycles. The molecular weight excluding hydrogens is 388 g/mol. The fourth-order valence-electron chi connectivity index (χ4n) is 3.60. The van der Waals surface area contributed by atoms with Crippen LogP contribution >= 0.6 is 22.7 Å². The summed E-state index contributed by atoms with van der Waals surface area (Å²) in [6, 6.07) is 8.56. The summed E-state index contributed by atoms with van der Waals surface area (Å²) in [7, 11) is 0. The summed E-state index contributed by atoms with van der Waals surface area (Å²) < 4.78 is 1.17. The summed E-state index contributed by atoms with van der Waals surface area (Å²) in [6.45, 7) is 6.64. The highest BCUT2D eigenvalue weighted by Crippen LogP contribution is 2.44. The van der Waals surface area contributed by atoms with E-state index in [-0.39, 0.29) is 11.8 Å². The van der Waals surface area contributed by atoms with Crippen molar-refractivity contribution in [3.63, 3.8) is 0 Å². The van der Waals surface area contributed by atoms with Gasteiger partial charge in [0.1, 0.15) is 5.01 Å². The first kappa shape index (κ1) is 19.5. The number of hydrogen-bond acceptors (Lipinski definition) is 6. The van der Waals surface area contributed by atoms with Crippen LogP contribution in [-0.4, -0.2) is 30.0 Å². The van der Waals surface area contributed by atoms with E-state index in [9.17, 15) is 4.79 Å². The third kappa shape index (κ3) is 3.72. The average Bonchev–Trinajstić information content (AvgIpc) is 3.28. The molecule has 1 aromatic carbocycles. The minimum Gasteiger partial charge on any atom is -0.369 e. The van der Waals surface area contributed by atoms with Gasteiger partial charge in [0.2, 0.25) is 5.91 Å². The van der Waals surface area contributed by atoms with Crippen molar-refractivity contribution in [2.24, 2.45) is 5.73 Å². The summed E-state index contributed by atoms with van der Waals surface area (Å²) in [5, 5.41) is 7.92. The van der Waals surface area contributed by atoms with Gasteiger partial charge < -0.3 is 16.4 Å². The van der Waals surface area contributed by atoms with Gasteiger partial charge in [-0.05, 0) is 44.0 Å². The summed E-state index contributed by atoms with van der Waals surface area (Å²) in [4.78, 5) is 19.7. The predicted octanol–water partition coefficient (Wildman–Crippen LogP) is 3.63. The van der Waals surface area contributed by atoms with Crippen molar-refractivity contribution in [3.8, 4) is 10.6 Å². The normalized spacial score (nSPS) is 16.1. The fraction of sp³-hybridized carbons (Fsp3) is 0.429. The van der Waals surface area contributed by atoms with Gasteiger partial charge in [0, 0.05) is 34.4 Å². The number of fused-ring (bicyclic) bond motifs is 2. The van der Waals surface area contributed by atoms with E-state index in [2.05, 4.69) is 30.5 Å². The van der Waals surface area contributed by atoms with Gasteiger partial charge in [0.25, 0.3) is 0 Å². The maximum Gasteiger partial charge on any atom is 0.227 e. The number of primary amides is 1. The Morgan fingerprint density at radius 1 is 1.36 bits per heavy atom. The van der Waals surface area contributed by atoms with Crippen LogP contribution in [-0.2, 0) is 17.8 Å². The van der Waals surface area contributed by atoms with Gasteiger partial charge in [-0.15, -0.1) is 22.7 Å². The largest absolute Gasteiger partial charge is 0.369 e. The molecular formula is C21H26N4OS2. The average molecular weight is 415 g/mol. The maximum atomic E-state index is 12.4. The first-order chi connectivity index (χ1) is 13.6. The Morgan fingerprint density at radius 3 is 2.93 bits per heavy atom. The molecule has 0 aliphatic carbocycles. The molecule has 2 unspecified atom stereocenters. The molecule has 0 spiro atoms. The van der Waals surface area contributed by atoms with E-state index in [1.165, 1.54) is 15.1 Å². The van der Waals surface area contributed by atoms with Gasteiger partial charge in [-0.1, -0.05) is 19.1 Å². The van der Waals surface area contributed by atoms with Crippen LogP contribution in [0.4, 0.5) is 0 Å². The fourth-order valence-corrected chi connectivity index (χ4v) is 6.15. The number of thiazole rings is 1. The zero-order chi connectivity index (χ0) is 19.7. The summed E-state index contributed by atoms with van der Waals surface area (Å²) in [5.41, 5.74) is 9.37. The van der Waals surface area contributed by atoms with Crippen molar-refractivity contribution in [2.75, 3.05) is 13.1 Å². The Bertz CT molecular complexity index is 961. The lowest BCUT2D eigenvalue weighted by Crippen LogP contribution is -2.35. The molecule has 3 aromatic rings. The van der Waals surface area contributed by atoms with Gasteiger partial charge >= 0.3 is 0 Å². The molecule has 4 N–H and O–H groups in total. The molecule has 2 atom stereocenters. The number of aromatic nitrogens is 1. The number of nitrogens with zero attached hydrogens (tertiary/aromatic N) is 1. The van der Waals surface area contributed by atoms with Crippen LogP contribution in [0, 0.1) is 0 Å². The number of rotatable bonds is 7. The number of nitrogens with one attached hydrogen (secondary N) is 2. The van der Waals surface area contributed by atoms with Crippen molar-refractivity contribution in [3.05, 3.63) is 39.6 Å². The number of carbonyl (C=O) groups excluding carboxylic acids is 1. The van der Waals surface area contributed by atoms with Crippen LogP contribution in [0.25, 0.3) is 20.8 Å². The predicted molar refractivity (Wildman–Crippen MR) is 118 cm³/mol. The van der Waals surface area contributed by atoms with E-state index >= 15 is 0 Å². The zero-order valence-corrected chi connectivity index (χ0v) is 17.9. The van der Waals surface area contributed by atoms with Gasteiger partial charge in [-0.3, -0.25) is 4.79 Å². The van der Waals surface area contributed by atoms with E-state index in [4.69, 9.17) is 10.7 Å². The second-order valence-electron chi connectivity index (χ2n) is 7.33. The summed E-state index contributed by atoms with van der Waals surface area (Å²) >= 11 is 3.43. The molecule has 1 aliphatic heterocycles. The van der Waals surface area contributed by atoms with E-state index in [1.54, 1.807) is 22.7 Å². The molecule has 4 rings (SSSR count). The Morgan fingerprint density at radius 2 is 2.18 bits per heavy atom. The highest BCUT2D eigenvalue weighted by Gasteiger charge is 2.30. The van der Waals surface area contributed by atoms with Crippen LogP contribution in [0.1, 0.15) is 41.5 Å². The molecule has 0 radical (unpaired) electrons. The monoisotopic (exact) mass is 414 g/mol. The van der Waals surface area contributed by atoms with Crippen LogP contribution in [0.3, 0.4) is 0 Å². The van der Waals surface area contributed by atoms with Crippen molar-refractivity contribution >= 4 is 38.8 Å². The van der Waals surface area contributed by atoms with E-state index in [0.717, 1.165) is 46.9 Å². The van der Waals surface area contributed by atoms with Crippen molar-refractivity contribution in [1.29, 1.82) is 0 Å². The smallest absolute Gasteiger partial charge is 0.227 e. The second kappa shape index (κ2) is 8.29. The van der Waals surface area contributed by atoms with E-state index < -0.39 is 0 Å². The number of hydrogen-bond donors (Lipinski definition) is 3. The highest BCUT2D eigenvalue weighted by molar-refractivity contribution is 7.22. The third-order valence-electron chi connectivity index (χ3n) is 5.41. The number of amides is 1. The Hall–Kier alpha value is -1.80. The molecule has 3 heterocycles. The van der Waals surface area contributed by atoms with E-state index in [0.29, 0.717) is 12.6 Å². The number of nitrogens with two attached hydrogens (primary N) is 1. The lowest BCUT2D eigenvalue weighted by molar-refractivity contribution is -0.119. The Kier molecular flexibility index (Phi) is 5.78. The minimum atomic E-state index is -0.341. The molecule has 1 amide bonds. The third-order valence-corrected chi connectivity index (χ3v) is 7.81. The number of para-hydroxylation sites is 1. The zero-order valence-electron chi connectivity index (χ0n) is 16.2. The van der Waals surface area contributed by atoms with E-state index in [1.807, 2.05) is 18.2 Å². The van der Waals surface area contributed by atoms with Gasteiger partial charge in [-0.25, -0.2) is 4.98 Å². The molecule has 0 fully saturated rings. The van der Waals surface area contributed by atoms with Crippen LogP contribution in [0.15, 0.2) is 24.3 Å². The number of carbonyl (C=O) groups is 1. The van der Waals surface area contributed by atoms with Gasteiger partial charge in [-0.2, -0.15) is 0 Å².